The third-order valence-electron chi connectivity index (χ3n) is 4.68. The summed E-state index contributed by atoms with van der Waals surface area (Å²) in [7, 11) is 0. The number of aliphatic hydroxyl groups is 1. The zero-order valence-corrected chi connectivity index (χ0v) is 11.8. The second kappa shape index (κ2) is 5.68. The molecule has 19 heavy (non-hydrogen) atoms. The third kappa shape index (κ3) is 3.40. The van der Waals surface area contributed by atoms with E-state index < -0.39 is 0 Å². The van der Waals surface area contributed by atoms with Crippen molar-refractivity contribution in [2.45, 2.75) is 57.7 Å². The molecular formula is C16H25NO2. The van der Waals surface area contributed by atoms with Crippen LogP contribution in [0.5, 0.6) is 0 Å². The molecule has 0 radical (unpaired) electrons. The van der Waals surface area contributed by atoms with Gasteiger partial charge in [-0.15, -0.1) is 0 Å². The lowest BCUT2D eigenvalue weighted by atomic mass is 9.80. The third-order valence-corrected chi connectivity index (χ3v) is 4.68. The highest BCUT2D eigenvalue weighted by atomic mass is 16.3. The predicted molar refractivity (Wildman–Crippen MR) is 74.7 cm³/mol. The van der Waals surface area contributed by atoms with Crippen LogP contribution in [0.25, 0.3) is 0 Å². The van der Waals surface area contributed by atoms with Crippen molar-refractivity contribution in [2.75, 3.05) is 6.54 Å². The van der Waals surface area contributed by atoms with Crippen molar-refractivity contribution in [2.24, 2.45) is 11.8 Å². The average molecular weight is 263 g/mol. The molecule has 2 aliphatic carbocycles. The number of furan rings is 1. The van der Waals surface area contributed by atoms with E-state index >= 15 is 0 Å². The fourth-order valence-electron chi connectivity index (χ4n) is 3.37. The van der Waals surface area contributed by atoms with Crippen molar-refractivity contribution < 1.29 is 9.52 Å². The Labute approximate surface area is 115 Å². The molecule has 0 amide bonds. The second-order valence-electron chi connectivity index (χ2n) is 6.49. The van der Waals surface area contributed by atoms with Crippen molar-refractivity contribution in [3.05, 3.63) is 24.2 Å². The average Bonchev–Trinajstić information content (AvgIpc) is 3.12. The standard InChI is InChI=1S/C16H25NO2/c1-12-4-7-16(18)13(9-12)10-17(14-5-6-14)11-15-3-2-8-19-15/h2-3,8,12-14,16,18H,4-7,9-11H2,1H3. The summed E-state index contributed by atoms with van der Waals surface area (Å²) in [5.41, 5.74) is 0. The zero-order chi connectivity index (χ0) is 13.2. The van der Waals surface area contributed by atoms with Gasteiger partial charge in [-0.2, -0.15) is 0 Å². The van der Waals surface area contributed by atoms with E-state index in [0.29, 0.717) is 5.92 Å². The minimum Gasteiger partial charge on any atom is -0.468 e. The van der Waals surface area contributed by atoms with Crippen molar-refractivity contribution in [3.8, 4) is 0 Å². The lowest BCUT2D eigenvalue weighted by molar-refractivity contribution is 0.0260. The Morgan fingerprint density at radius 1 is 1.32 bits per heavy atom. The Hall–Kier alpha value is -0.800. The van der Waals surface area contributed by atoms with Gasteiger partial charge in [0.1, 0.15) is 5.76 Å². The molecule has 2 saturated carbocycles. The van der Waals surface area contributed by atoms with E-state index in [1.54, 1.807) is 6.26 Å². The molecule has 3 unspecified atom stereocenters. The molecule has 106 valence electrons. The van der Waals surface area contributed by atoms with Gasteiger partial charge in [0.05, 0.1) is 18.9 Å². The second-order valence-corrected chi connectivity index (χ2v) is 6.49. The van der Waals surface area contributed by atoms with Crippen LogP contribution in [-0.4, -0.2) is 28.7 Å². The van der Waals surface area contributed by atoms with Crippen LogP contribution in [0, 0.1) is 11.8 Å². The normalized spacial score (nSPS) is 31.8. The van der Waals surface area contributed by atoms with Gasteiger partial charge in [-0.1, -0.05) is 6.92 Å². The molecule has 3 heteroatoms. The molecular weight excluding hydrogens is 238 g/mol. The highest BCUT2D eigenvalue weighted by molar-refractivity contribution is 5.00. The van der Waals surface area contributed by atoms with Crippen LogP contribution in [0.1, 0.15) is 44.8 Å². The van der Waals surface area contributed by atoms with Gasteiger partial charge < -0.3 is 9.52 Å². The molecule has 0 aromatic carbocycles. The predicted octanol–water partition coefficient (Wildman–Crippen LogP) is 3.04. The SMILES string of the molecule is CC1CCC(O)C(CN(Cc2ccco2)C2CC2)C1. The maximum atomic E-state index is 10.2. The zero-order valence-electron chi connectivity index (χ0n) is 11.8. The molecule has 0 saturated heterocycles. The van der Waals surface area contributed by atoms with Crippen LogP contribution in [0.2, 0.25) is 0 Å². The minimum absolute atomic E-state index is 0.103. The molecule has 0 bridgehead atoms. The number of nitrogens with zero attached hydrogens (tertiary/aromatic N) is 1. The van der Waals surface area contributed by atoms with E-state index in [9.17, 15) is 5.11 Å². The molecule has 0 spiro atoms. The first kappa shape index (κ1) is 13.2. The van der Waals surface area contributed by atoms with Gasteiger partial charge in [0.25, 0.3) is 0 Å². The largest absolute Gasteiger partial charge is 0.468 e. The summed E-state index contributed by atoms with van der Waals surface area (Å²) in [4.78, 5) is 2.52. The van der Waals surface area contributed by atoms with Crippen LogP contribution in [0.3, 0.4) is 0 Å². The molecule has 1 aromatic rings. The van der Waals surface area contributed by atoms with Gasteiger partial charge >= 0.3 is 0 Å². The molecule has 1 aromatic heterocycles. The summed E-state index contributed by atoms with van der Waals surface area (Å²) < 4.78 is 5.47. The van der Waals surface area contributed by atoms with Crippen molar-refractivity contribution >= 4 is 0 Å². The Morgan fingerprint density at radius 3 is 2.84 bits per heavy atom. The maximum absolute atomic E-state index is 10.2. The Balaban J connectivity index is 1.60. The Bertz CT molecular complexity index is 385. The molecule has 2 fully saturated rings. The number of hydrogen-bond acceptors (Lipinski definition) is 3. The van der Waals surface area contributed by atoms with Crippen LogP contribution in [-0.2, 0) is 6.54 Å². The van der Waals surface area contributed by atoms with E-state index in [1.807, 2.05) is 6.07 Å². The lowest BCUT2D eigenvalue weighted by Crippen LogP contribution is -2.39. The smallest absolute Gasteiger partial charge is 0.117 e. The summed E-state index contributed by atoms with van der Waals surface area (Å²) in [5, 5.41) is 10.2. The van der Waals surface area contributed by atoms with Crippen molar-refractivity contribution in [3.63, 3.8) is 0 Å². The van der Waals surface area contributed by atoms with Gasteiger partial charge in [0.15, 0.2) is 0 Å². The molecule has 1 N–H and O–H groups in total. The highest BCUT2D eigenvalue weighted by Gasteiger charge is 2.34. The highest BCUT2D eigenvalue weighted by Crippen LogP contribution is 2.34. The number of hydrogen-bond donors (Lipinski definition) is 1. The first-order valence-electron chi connectivity index (χ1n) is 7.67. The first-order valence-corrected chi connectivity index (χ1v) is 7.67. The summed E-state index contributed by atoms with van der Waals surface area (Å²) >= 11 is 0. The number of aliphatic hydroxyl groups excluding tert-OH is 1. The van der Waals surface area contributed by atoms with E-state index in [0.717, 1.165) is 37.2 Å². The molecule has 0 aliphatic heterocycles. The molecule has 3 atom stereocenters. The molecule has 2 aliphatic rings. The van der Waals surface area contributed by atoms with Crippen LogP contribution >= 0.6 is 0 Å². The van der Waals surface area contributed by atoms with E-state index in [2.05, 4.69) is 17.9 Å². The topological polar surface area (TPSA) is 36.6 Å². The quantitative estimate of drug-likeness (QED) is 0.887. The number of rotatable bonds is 5. The van der Waals surface area contributed by atoms with Crippen molar-refractivity contribution in [1.29, 1.82) is 0 Å². The van der Waals surface area contributed by atoms with E-state index in [-0.39, 0.29) is 6.10 Å². The fourth-order valence-corrected chi connectivity index (χ4v) is 3.37. The van der Waals surface area contributed by atoms with E-state index in [1.165, 1.54) is 25.7 Å². The molecule has 1 heterocycles. The van der Waals surface area contributed by atoms with Gasteiger partial charge in [-0.25, -0.2) is 0 Å². The fraction of sp³-hybridized carbons (Fsp3) is 0.750. The summed E-state index contributed by atoms with van der Waals surface area (Å²) in [6.07, 6.45) is 7.58. The lowest BCUT2D eigenvalue weighted by Gasteiger charge is -2.35. The van der Waals surface area contributed by atoms with Gasteiger partial charge in [-0.3, -0.25) is 4.90 Å². The molecule has 3 nitrogen and oxygen atoms in total. The van der Waals surface area contributed by atoms with Crippen LogP contribution in [0.15, 0.2) is 22.8 Å². The van der Waals surface area contributed by atoms with Crippen LogP contribution < -0.4 is 0 Å². The minimum atomic E-state index is -0.103. The van der Waals surface area contributed by atoms with Crippen molar-refractivity contribution in [1.82, 2.24) is 4.90 Å². The first-order chi connectivity index (χ1) is 9.22. The monoisotopic (exact) mass is 263 g/mol. The summed E-state index contributed by atoms with van der Waals surface area (Å²) in [5.74, 6) is 2.25. The summed E-state index contributed by atoms with van der Waals surface area (Å²) in [6, 6.07) is 4.72. The molecule has 3 rings (SSSR count). The maximum Gasteiger partial charge on any atom is 0.117 e. The van der Waals surface area contributed by atoms with E-state index in [4.69, 9.17) is 4.42 Å². The Morgan fingerprint density at radius 2 is 2.16 bits per heavy atom. The van der Waals surface area contributed by atoms with Gasteiger partial charge in [0.2, 0.25) is 0 Å². The summed E-state index contributed by atoms with van der Waals surface area (Å²) in [6.45, 7) is 4.24. The van der Waals surface area contributed by atoms with Crippen LogP contribution in [0.4, 0.5) is 0 Å². The van der Waals surface area contributed by atoms with Gasteiger partial charge in [0, 0.05) is 12.6 Å². The van der Waals surface area contributed by atoms with Gasteiger partial charge in [-0.05, 0) is 56.1 Å². The Kier molecular flexibility index (Phi) is 3.94.